The lowest BCUT2D eigenvalue weighted by atomic mass is 10.3. The van der Waals surface area contributed by atoms with Crippen LogP contribution in [0, 0.1) is 0 Å². The van der Waals surface area contributed by atoms with Crippen LogP contribution in [0.15, 0.2) is 83.8 Å². The first-order valence-corrected chi connectivity index (χ1v) is 11.6. The van der Waals surface area contributed by atoms with E-state index in [2.05, 4.69) is 5.32 Å². The zero-order valence-electron chi connectivity index (χ0n) is 17.4. The van der Waals surface area contributed by atoms with Gasteiger partial charge < -0.3 is 14.8 Å². The lowest BCUT2D eigenvalue weighted by Gasteiger charge is -2.25. The molecule has 7 nitrogen and oxygen atoms in total. The molecule has 0 fully saturated rings. The number of rotatable bonds is 10. The smallest absolute Gasteiger partial charge is 0.264 e. The Kier molecular flexibility index (Phi) is 7.97. The molecule has 0 saturated carbocycles. The Morgan fingerprint density at radius 2 is 1.66 bits per heavy atom. The van der Waals surface area contributed by atoms with Crippen LogP contribution in [0.3, 0.4) is 0 Å². The second kappa shape index (κ2) is 10.9. The third-order valence-corrected chi connectivity index (χ3v) is 6.47. The first kappa shape index (κ1) is 23.4. The number of carbonyl (C=O) groups excluding carboxylic acids is 1. The van der Waals surface area contributed by atoms with Crippen molar-refractivity contribution >= 4 is 33.2 Å². The molecular formula is C23H23ClN2O5S. The number of methoxy groups -OCH3 is 1. The Morgan fingerprint density at radius 3 is 2.31 bits per heavy atom. The topological polar surface area (TPSA) is 84.9 Å². The highest BCUT2D eigenvalue weighted by Gasteiger charge is 2.29. The first-order chi connectivity index (χ1) is 15.4. The summed E-state index contributed by atoms with van der Waals surface area (Å²) in [5.41, 5.74) is 0.166. The van der Waals surface area contributed by atoms with Crippen molar-refractivity contribution in [3.05, 3.63) is 83.9 Å². The molecule has 3 rings (SSSR count). The second-order valence-corrected chi connectivity index (χ2v) is 8.95. The van der Waals surface area contributed by atoms with Gasteiger partial charge in [0.1, 0.15) is 24.7 Å². The summed E-state index contributed by atoms with van der Waals surface area (Å²) in [7, 11) is -2.65. The van der Waals surface area contributed by atoms with Crippen molar-refractivity contribution < 1.29 is 22.7 Å². The largest absolute Gasteiger partial charge is 0.495 e. The molecule has 32 heavy (non-hydrogen) atoms. The highest BCUT2D eigenvalue weighted by atomic mass is 35.5. The molecule has 1 amide bonds. The lowest BCUT2D eigenvalue weighted by molar-refractivity contribution is -0.119. The minimum atomic E-state index is -4.07. The number of benzene rings is 3. The summed E-state index contributed by atoms with van der Waals surface area (Å²) in [4.78, 5) is 12.7. The van der Waals surface area contributed by atoms with E-state index in [1.165, 1.54) is 25.3 Å². The van der Waals surface area contributed by atoms with Gasteiger partial charge in [0.25, 0.3) is 10.0 Å². The zero-order chi connectivity index (χ0) is 23.0. The third kappa shape index (κ3) is 5.93. The van der Waals surface area contributed by atoms with Gasteiger partial charge in [-0.3, -0.25) is 9.10 Å². The lowest BCUT2D eigenvalue weighted by Crippen LogP contribution is -2.42. The van der Waals surface area contributed by atoms with Crippen molar-refractivity contribution in [1.29, 1.82) is 0 Å². The van der Waals surface area contributed by atoms with Crippen molar-refractivity contribution in [2.75, 3.05) is 31.1 Å². The van der Waals surface area contributed by atoms with E-state index < -0.39 is 22.5 Å². The van der Waals surface area contributed by atoms with Crippen molar-refractivity contribution in [3.63, 3.8) is 0 Å². The minimum absolute atomic E-state index is 0.0437. The van der Waals surface area contributed by atoms with Gasteiger partial charge in [0.15, 0.2) is 0 Å². The van der Waals surface area contributed by atoms with Crippen LogP contribution in [0.1, 0.15) is 0 Å². The molecule has 0 unspecified atom stereocenters. The van der Waals surface area contributed by atoms with Crippen LogP contribution in [-0.4, -0.2) is 41.1 Å². The molecule has 0 aliphatic heterocycles. The van der Waals surface area contributed by atoms with Crippen molar-refractivity contribution in [1.82, 2.24) is 5.32 Å². The molecule has 0 saturated heterocycles. The normalized spacial score (nSPS) is 10.9. The van der Waals surface area contributed by atoms with Crippen LogP contribution in [-0.2, 0) is 14.8 Å². The number of para-hydroxylation sites is 1. The van der Waals surface area contributed by atoms with E-state index in [9.17, 15) is 13.2 Å². The van der Waals surface area contributed by atoms with Gasteiger partial charge in [-0.15, -0.1) is 0 Å². The Bertz CT molecular complexity index is 1140. The number of ether oxygens (including phenoxy) is 2. The number of hydrogen-bond donors (Lipinski definition) is 1. The zero-order valence-corrected chi connectivity index (χ0v) is 19.0. The van der Waals surface area contributed by atoms with Gasteiger partial charge in [-0.25, -0.2) is 8.42 Å². The Morgan fingerprint density at radius 1 is 1.00 bits per heavy atom. The van der Waals surface area contributed by atoms with Gasteiger partial charge in [-0.05, 0) is 42.5 Å². The SMILES string of the molecule is COc1ccc(Cl)cc1N(CC(=O)NCCOc1ccccc1)S(=O)(=O)c1ccccc1. The van der Waals surface area contributed by atoms with Gasteiger partial charge in [0, 0.05) is 5.02 Å². The van der Waals surface area contributed by atoms with E-state index in [-0.39, 0.29) is 29.5 Å². The van der Waals surface area contributed by atoms with Crippen LogP contribution < -0.4 is 19.1 Å². The maximum atomic E-state index is 13.4. The quantitative estimate of drug-likeness (QED) is 0.452. The van der Waals surface area contributed by atoms with Crippen molar-refractivity contribution in [3.8, 4) is 11.5 Å². The molecule has 0 radical (unpaired) electrons. The number of amides is 1. The molecular weight excluding hydrogens is 452 g/mol. The number of hydrogen-bond acceptors (Lipinski definition) is 5. The van der Waals surface area contributed by atoms with Crippen LogP contribution >= 0.6 is 11.6 Å². The number of anilines is 1. The van der Waals surface area contributed by atoms with Crippen LogP contribution in [0.2, 0.25) is 5.02 Å². The summed E-state index contributed by atoms with van der Waals surface area (Å²) >= 11 is 6.12. The van der Waals surface area contributed by atoms with Crippen molar-refractivity contribution in [2.45, 2.75) is 4.90 Å². The Hall–Kier alpha value is -3.23. The number of nitrogens with zero attached hydrogens (tertiary/aromatic N) is 1. The van der Waals surface area contributed by atoms with Crippen LogP contribution in [0.5, 0.6) is 11.5 Å². The third-order valence-electron chi connectivity index (χ3n) is 4.46. The average Bonchev–Trinajstić information content (AvgIpc) is 2.81. The van der Waals surface area contributed by atoms with E-state index in [1.54, 1.807) is 42.5 Å². The van der Waals surface area contributed by atoms with Gasteiger partial charge in [0.2, 0.25) is 5.91 Å². The predicted molar refractivity (Wildman–Crippen MR) is 124 cm³/mol. The van der Waals surface area contributed by atoms with E-state index in [0.29, 0.717) is 10.8 Å². The minimum Gasteiger partial charge on any atom is -0.495 e. The van der Waals surface area contributed by atoms with E-state index in [1.807, 2.05) is 18.2 Å². The molecule has 0 atom stereocenters. The Balaban J connectivity index is 1.79. The molecule has 0 heterocycles. The summed E-state index contributed by atoms with van der Waals surface area (Å²) in [6.45, 7) is -0.0133. The standard InChI is InChI=1S/C23H23ClN2O5S/c1-30-22-13-12-18(24)16-21(22)26(32(28,29)20-10-6-3-7-11-20)17-23(27)25-14-15-31-19-8-4-2-5-9-19/h2-13,16H,14-15,17H2,1H3,(H,25,27). The first-order valence-electron chi connectivity index (χ1n) is 9.77. The number of halogens is 1. The second-order valence-electron chi connectivity index (χ2n) is 6.65. The van der Waals surface area contributed by atoms with Crippen LogP contribution in [0.25, 0.3) is 0 Å². The maximum Gasteiger partial charge on any atom is 0.264 e. The number of carbonyl (C=O) groups is 1. The summed E-state index contributed by atoms with van der Waals surface area (Å²) in [5.74, 6) is 0.455. The molecule has 168 valence electrons. The average molecular weight is 475 g/mol. The van der Waals surface area contributed by atoms with E-state index in [4.69, 9.17) is 21.1 Å². The molecule has 0 aromatic heterocycles. The summed E-state index contributed by atoms with van der Waals surface area (Å²) in [6.07, 6.45) is 0. The summed E-state index contributed by atoms with van der Waals surface area (Å²) in [5, 5.41) is 3.00. The predicted octanol–water partition coefficient (Wildman–Crippen LogP) is 3.74. The highest BCUT2D eigenvalue weighted by Crippen LogP contribution is 2.34. The summed E-state index contributed by atoms with van der Waals surface area (Å²) < 4.78 is 38.6. The molecule has 0 aliphatic rings. The van der Waals surface area contributed by atoms with Gasteiger partial charge in [0.05, 0.1) is 24.2 Å². The van der Waals surface area contributed by atoms with Crippen molar-refractivity contribution in [2.24, 2.45) is 0 Å². The fraction of sp³-hybridized carbons (Fsp3) is 0.174. The highest BCUT2D eigenvalue weighted by molar-refractivity contribution is 7.92. The monoisotopic (exact) mass is 474 g/mol. The van der Waals surface area contributed by atoms with Gasteiger partial charge in [-0.2, -0.15) is 0 Å². The molecule has 0 spiro atoms. The summed E-state index contributed by atoms with van der Waals surface area (Å²) in [6, 6.07) is 21.6. The molecule has 0 bridgehead atoms. The van der Waals surface area contributed by atoms with Gasteiger partial charge >= 0.3 is 0 Å². The van der Waals surface area contributed by atoms with Crippen LogP contribution in [0.4, 0.5) is 5.69 Å². The fourth-order valence-electron chi connectivity index (χ4n) is 2.94. The van der Waals surface area contributed by atoms with E-state index >= 15 is 0 Å². The molecule has 0 aliphatic carbocycles. The fourth-order valence-corrected chi connectivity index (χ4v) is 4.55. The Labute approximate surface area is 192 Å². The number of nitrogens with one attached hydrogen (secondary N) is 1. The van der Waals surface area contributed by atoms with Gasteiger partial charge in [-0.1, -0.05) is 48.0 Å². The maximum absolute atomic E-state index is 13.4. The molecule has 3 aromatic carbocycles. The molecule has 3 aromatic rings. The molecule has 9 heteroatoms. The molecule has 1 N–H and O–H groups in total. The van der Waals surface area contributed by atoms with E-state index in [0.717, 1.165) is 4.31 Å². The number of sulfonamides is 1.